The van der Waals surface area contributed by atoms with Crippen molar-refractivity contribution in [3.05, 3.63) is 35.7 Å². The molecule has 1 N–H and O–H groups in total. The third-order valence-corrected chi connectivity index (χ3v) is 5.48. The summed E-state index contributed by atoms with van der Waals surface area (Å²) in [5.41, 5.74) is 0.391. The number of sulfonamides is 1. The van der Waals surface area contributed by atoms with Gasteiger partial charge in [0, 0.05) is 27.2 Å². The molecule has 2 heterocycles. The van der Waals surface area contributed by atoms with Crippen molar-refractivity contribution in [1.29, 1.82) is 5.26 Å². The average molecular weight is 403 g/mol. The lowest BCUT2D eigenvalue weighted by molar-refractivity contribution is 0.122. The molecule has 2 aromatic rings. The normalized spacial score (nSPS) is 14.5. The highest BCUT2D eigenvalue weighted by Crippen LogP contribution is 2.15. The van der Waals surface area contributed by atoms with Crippen LogP contribution in [0.25, 0.3) is 0 Å². The molecule has 1 saturated heterocycles. The summed E-state index contributed by atoms with van der Waals surface area (Å²) in [6, 6.07) is 7.65. The van der Waals surface area contributed by atoms with E-state index in [1.54, 1.807) is 4.90 Å². The number of hydrogen-bond donors (Lipinski definition) is 1. The van der Waals surface area contributed by atoms with E-state index in [1.165, 1.54) is 24.3 Å². The minimum absolute atomic E-state index is 0.0711. The van der Waals surface area contributed by atoms with E-state index in [2.05, 4.69) is 19.7 Å². The smallest absolute Gasteiger partial charge is 0.240 e. The molecule has 0 unspecified atom stereocenters. The Hall–Kier alpha value is -2.81. The number of nitrogens with zero attached hydrogens (tertiary/aromatic N) is 6. The molecule has 1 aliphatic heterocycles. The number of anilines is 2. The van der Waals surface area contributed by atoms with Crippen LogP contribution in [0.3, 0.4) is 0 Å². The molecular formula is C17H21N7O3S. The van der Waals surface area contributed by atoms with Crippen LogP contribution in [0.4, 0.5) is 11.9 Å². The molecule has 10 nitrogen and oxygen atoms in total. The molecule has 0 spiro atoms. The largest absolute Gasteiger partial charge is 0.378 e. The second-order valence-electron chi connectivity index (χ2n) is 6.31. The van der Waals surface area contributed by atoms with E-state index in [0.717, 1.165) is 0 Å². The first-order chi connectivity index (χ1) is 13.4. The predicted octanol–water partition coefficient (Wildman–Crippen LogP) is 0.124. The molecule has 3 rings (SSSR count). The van der Waals surface area contributed by atoms with E-state index in [0.29, 0.717) is 49.6 Å². The first kappa shape index (κ1) is 19.9. The molecule has 28 heavy (non-hydrogen) atoms. The van der Waals surface area contributed by atoms with Crippen LogP contribution in [-0.4, -0.2) is 63.8 Å². The predicted molar refractivity (Wildman–Crippen MR) is 102 cm³/mol. The van der Waals surface area contributed by atoms with Gasteiger partial charge in [-0.25, -0.2) is 13.1 Å². The number of ether oxygens (including phenoxy) is 1. The number of morpholine rings is 1. The van der Waals surface area contributed by atoms with Crippen LogP contribution < -0.4 is 14.5 Å². The molecule has 0 aliphatic carbocycles. The number of nitrogens with one attached hydrogen (secondary N) is 1. The quantitative estimate of drug-likeness (QED) is 0.716. The molecule has 0 radical (unpaired) electrons. The first-order valence-corrected chi connectivity index (χ1v) is 10.1. The summed E-state index contributed by atoms with van der Waals surface area (Å²) < 4.78 is 32.9. The maximum atomic E-state index is 12.5. The summed E-state index contributed by atoms with van der Waals surface area (Å²) in [6.45, 7) is 2.41. The van der Waals surface area contributed by atoms with Crippen LogP contribution in [-0.2, 0) is 21.3 Å². The topological polar surface area (TPSA) is 124 Å². The highest BCUT2D eigenvalue weighted by atomic mass is 32.2. The van der Waals surface area contributed by atoms with Crippen LogP contribution in [0, 0.1) is 11.3 Å². The van der Waals surface area contributed by atoms with Crippen LogP contribution >= 0.6 is 0 Å². The number of hydrogen-bond acceptors (Lipinski definition) is 9. The second-order valence-corrected chi connectivity index (χ2v) is 8.07. The van der Waals surface area contributed by atoms with Crippen LogP contribution in [0.15, 0.2) is 29.2 Å². The molecule has 1 aromatic heterocycles. The van der Waals surface area contributed by atoms with Gasteiger partial charge in [-0.15, -0.1) is 0 Å². The molecular weight excluding hydrogens is 382 g/mol. The van der Waals surface area contributed by atoms with Crippen molar-refractivity contribution in [3.63, 3.8) is 0 Å². The van der Waals surface area contributed by atoms with Crippen LogP contribution in [0.2, 0.25) is 0 Å². The lowest BCUT2D eigenvalue weighted by Gasteiger charge is -2.27. The van der Waals surface area contributed by atoms with E-state index in [1.807, 2.05) is 25.1 Å². The second kappa shape index (κ2) is 8.47. The third-order valence-electron chi connectivity index (χ3n) is 4.07. The molecule has 11 heteroatoms. The van der Waals surface area contributed by atoms with Crippen LogP contribution in [0.5, 0.6) is 0 Å². The monoisotopic (exact) mass is 403 g/mol. The molecule has 148 valence electrons. The first-order valence-electron chi connectivity index (χ1n) is 8.64. The molecule has 1 aliphatic rings. The van der Waals surface area contributed by atoms with Gasteiger partial charge in [-0.2, -0.15) is 20.2 Å². The molecule has 0 saturated carbocycles. The van der Waals surface area contributed by atoms with Gasteiger partial charge in [0.25, 0.3) is 0 Å². The van der Waals surface area contributed by atoms with Gasteiger partial charge in [-0.05, 0) is 24.3 Å². The van der Waals surface area contributed by atoms with Crippen molar-refractivity contribution in [2.24, 2.45) is 0 Å². The van der Waals surface area contributed by atoms with E-state index in [9.17, 15) is 8.42 Å². The summed E-state index contributed by atoms with van der Waals surface area (Å²) in [5.74, 6) is 1.26. The Morgan fingerprint density at radius 2 is 1.86 bits per heavy atom. The molecule has 1 aromatic carbocycles. The zero-order chi connectivity index (χ0) is 20.1. The van der Waals surface area contributed by atoms with Crippen molar-refractivity contribution in [1.82, 2.24) is 19.7 Å². The summed E-state index contributed by atoms with van der Waals surface area (Å²) in [4.78, 5) is 17.0. The fourth-order valence-electron chi connectivity index (χ4n) is 2.53. The fourth-order valence-corrected chi connectivity index (χ4v) is 3.51. The number of benzene rings is 1. The van der Waals surface area contributed by atoms with Gasteiger partial charge in [0.1, 0.15) is 0 Å². The number of aromatic nitrogens is 3. The van der Waals surface area contributed by atoms with Crippen molar-refractivity contribution >= 4 is 21.9 Å². The van der Waals surface area contributed by atoms with E-state index < -0.39 is 10.0 Å². The minimum atomic E-state index is -3.76. The van der Waals surface area contributed by atoms with Gasteiger partial charge in [0.05, 0.1) is 36.3 Å². The zero-order valence-corrected chi connectivity index (χ0v) is 16.5. The summed E-state index contributed by atoms with van der Waals surface area (Å²) in [6.07, 6.45) is 0. The van der Waals surface area contributed by atoms with Gasteiger partial charge in [-0.1, -0.05) is 0 Å². The Kier molecular flexibility index (Phi) is 6.03. The average Bonchev–Trinajstić information content (AvgIpc) is 2.73. The van der Waals surface area contributed by atoms with Crippen molar-refractivity contribution in [2.75, 3.05) is 50.2 Å². The van der Waals surface area contributed by atoms with E-state index in [-0.39, 0.29) is 11.4 Å². The van der Waals surface area contributed by atoms with Gasteiger partial charge < -0.3 is 14.5 Å². The maximum absolute atomic E-state index is 12.5. The standard InChI is InChI=1S/C17H21N7O3S/c1-23(2)16-20-15(21-17(22-16)24-7-9-27-10-8-24)12-19-28(25,26)14-5-3-13(11-18)4-6-14/h3-6,19H,7-10,12H2,1-2H3. The lowest BCUT2D eigenvalue weighted by atomic mass is 10.2. The van der Waals surface area contributed by atoms with Crippen molar-refractivity contribution < 1.29 is 13.2 Å². The summed E-state index contributed by atoms with van der Waals surface area (Å²) >= 11 is 0. The van der Waals surface area contributed by atoms with Crippen molar-refractivity contribution in [3.8, 4) is 6.07 Å². The third kappa shape index (κ3) is 4.72. The SMILES string of the molecule is CN(C)c1nc(CNS(=O)(=O)c2ccc(C#N)cc2)nc(N2CCOCC2)n1. The van der Waals surface area contributed by atoms with Gasteiger partial charge in [0.2, 0.25) is 21.9 Å². The van der Waals surface area contributed by atoms with Gasteiger partial charge in [-0.3, -0.25) is 0 Å². The van der Waals surface area contributed by atoms with Crippen molar-refractivity contribution in [2.45, 2.75) is 11.4 Å². The highest BCUT2D eigenvalue weighted by molar-refractivity contribution is 7.89. The summed E-state index contributed by atoms with van der Waals surface area (Å²) in [7, 11) is -0.144. The molecule has 0 atom stereocenters. The van der Waals surface area contributed by atoms with Crippen LogP contribution in [0.1, 0.15) is 11.4 Å². The highest BCUT2D eigenvalue weighted by Gasteiger charge is 2.19. The molecule has 1 fully saturated rings. The van der Waals surface area contributed by atoms with E-state index in [4.69, 9.17) is 10.00 Å². The maximum Gasteiger partial charge on any atom is 0.240 e. The lowest BCUT2D eigenvalue weighted by Crippen LogP contribution is -2.38. The molecule has 0 bridgehead atoms. The Morgan fingerprint density at radius 3 is 2.46 bits per heavy atom. The summed E-state index contributed by atoms with van der Waals surface area (Å²) in [5, 5.41) is 8.83. The number of rotatable bonds is 6. The Bertz CT molecular complexity index is 965. The van der Waals surface area contributed by atoms with E-state index >= 15 is 0 Å². The number of nitriles is 1. The van der Waals surface area contributed by atoms with Gasteiger partial charge >= 0.3 is 0 Å². The zero-order valence-electron chi connectivity index (χ0n) is 15.7. The Morgan fingerprint density at radius 1 is 1.18 bits per heavy atom. The Balaban J connectivity index is 1.80. The molecule has 0 amide bonds. The fraction of sp³-hybridized carbons (Fsp3) is 0.412. The Labute approximate surface area is 163 Å². The van der Waals surface area contributed by atoms with Gasteiger partial charge in [0.15, 0.2) is 5.82 Å². The minimum Gasteiger partial charge on any atom is -0.378 e.